The Hall–Kier alpha value is -1.09. The topological polar surface area (TPSA) is 42.1 Å². The van der Waals surface area contributed by atoms with Gasteiger partial charge in [0.05, 0.1) is 0 Å². The molecular formula is C10H13NO2. The quantitative estimate of drug-likeness (QED) is 0.701. The molecule has 70 valence electrons. The van der Waals surface area contributed by atoms with Crippen LogP contribution in [0.25, 0.3) is 0 Å². The van der Waals surface area contributed by atoms with Crippen LogP contribution in [0.3, 0.4) is 0 Å². The van der Waals surface area contributed by atoms with Gasteiger partial charge in [0, 0.05) is 24.6 Å². The van der Waals surface area contributed by atoms with Gasteiger partial charge in [0.1, 0.15) is 6.10 Å². The van der Waals surface area contributed by atoms with Gasteiger partial charge >= 0.3 is 0 Å². The van der Waals surface area contributed by atoms with Crippen LogP contribution in [0.15, 0.2) is 18.5 Å². The third-order valence-electron chi connectivity index (χ3n) is 2.53. The second kappa shape index (κ2) is 3.34. The predicted octanol–water partition coefficient (Wildman–Crippen LogP) is 1.62. The number of rotatable bonds is 2. The van der Waals surface area contributed by atoms with Crippen LogP contribution in [0.5, 0.6) is 0 Å². The maximum atomic E-state index is 11.8. The zero-order valence-corrected chi connectivity index (χ0v) is 7.62. The Bertz CT molecular complexity index is 292. The third kappa shape index (κ3) is 1.52. The summed E-state index contributed by atoms with van der Waals surface area (Å²) in [5.41, 5.74) is 0.721. The van der Waals surface area contributed by atoms with Gasteiger partial charge in [-0.2, -0.15) is 0 Å². The van der Waals surface area contributed by atoms with E-state index in [0.717, 1.165) is 12.0 Å². The van der Waals surface area contributed by atoms with Crippen molar-refractivity contribution in [3.8, 4) is 0 Å². The Kier molecular flexibility index (Phi) is 2.19. The van der Waals surface area contributed by atoms with Crippen LogP contribution < -0.4 is 0 Å². The fourth-order valence-corrected chi connectivity index (χ4v) is 1.67. The number of aromatic nitrogens is 1. The molecular weight excluding hydrogens is 166 g/mol. The molecule has 0 radical (unpaired) electrons. The molecule has 1 fully saturated rings. The van der Waals surface area contributed by atoms with E-state index in [1.165, 1.54) is 0 Å². The molecule has 1 aromatic heterocycles. The van der Waals surface area contributed by atoms with E-state index in [1.807, 2.05) is 0 Å². The Morgan fingerprint density at radius 2 is 2.54 bits per heavy atom. The molecule has 1 saturated heterocycles. The molecule has 2 rings (SSSR count). The van der Waals surface area contributed by atoms with E-state index >= 15 is 0 Å². The van der Waals surface area contributed by atoms with E-state index < -0.39 is 0 Å². The summed E-state index contributed by atoms with van der Waals surface area (Å²) in [7, 11) is 0. The monoisotopic (exact) mass is 179 g/mol. The Balaban J connectivity index is 2.13. The molecule has 1 aromatic rings. The molecule has 2 heterocycles. The van der Waals surface area contributed by atoms with Crippen molar-refractivity contribution in [3.63, 3.8) is 0 Å². The maximum absolute atomic E-state index is 11.8. The lowest BCUT2D eigenvalue weighted by atomic mass is 9.98. The van der Waals surface area contributed by atoms with Crippen molar-refractivity contribution in [1.82, 2.24) is 4.98 Å². The predicted molar refractivity (Wildman–Crippen MR) is 48.6 cm³/mol. The molecule has 3 heteroatoms. The number of ketones is 1. The number of hydrogen-bond donors (Lipinski definition) is 1. The lowest BCUT2D eigenvalue weighted by Crippen LogP contribution is -2.24. The van der Waals surface area contributed by atoms with E-state index in [9.17, 15) is 4.79 Å². The Morgan fingerprint density at radius 1 is 1.69 bits per heavy atom. The summed E-state index contributed by atoms with van der Waals surface area (Å²) in [4.78, 5) is 14.6. The summed E-state index contributed by atoms with van der Waals surface area (Å²) in [6.45, 7) is 2.77. The Labute approximate surface area is 77.1 Å². The molecule has 0 amide bonds. The zero-order valence-electron chi connectivity index (χ0n) is 7.62. The molecule has 2 atom stereocenters. The van der Waals surface area contributed by atoms with E-state index in [0.29, 0.717) is 12.5 Å². The molecule has 1 N–H and O–H groups in total. The third-order valence-corrected chi connectivity index (χ3v) is 2.53. The van der Waals surface area contributed by atoms with E-state index in [2.05, 4.69) is 11.9 Å². The van der Waals surface area contributed by atoms with Gasteiger partial charge in [-0.15, -0.1) is 0 Å². The average Bonchev–Trinajstić information content (AvgIpc) is 2.72. The van der Waals surface area contributed by atoms with Crippen LogP contribution >= 0.6 is 0 Å². The van der Waals surface area contributed by atoms with E-state index in [1.54, 1.807) is 18.5 Å². The van der Waals surface area contributed by atoms with Gasteiger partial charge in [0.25, 0.3) is 0 Å². The standard InChI is InChI=1S/C10H13NO2/c1-7-3-5-13-10(7)9(12)8-2-4-11-6-8/h2,4,6-7,10-11H,3,5H2,1H3. The van der Waals surface area contributed by atoms with Crippen molar-refractivity contribution in [2.24, 2.45) is 5.92 Å². The lowest BCUT2D eigenvalue weighted by molar-refractivity contribution is 0.0579. The number of carbonyl (C=O) groups excluding carboxylic acids is 1. The van der Waals surface area contributed by atoms with Crippen LogP contribution in [0.2, 0.25) is 0 Å². The van der Waals surface area contributed by atoms with Crippen LogP contribution in [-0.4, -0.2) is 23.5 Å². The maximum Gasteiger partial charge on any atom is 0.193 e. The lowest BCUT2D eigenvalue weighted by Gasteiger charge is -2.11. The molecule has 3 nitrogen and oxygen atoms in total. The highest BCUT2D eigenvalue weighted by Crippen LogP contribution is 2.23. The number of aromatic amines is 1. The van der Waals surface area contributed by atoms with Crippen molar-refractivity contribution in [2.75, 3.05) is 6.61 Å². The van der Waals surface area contributed by atoms with Gasteiger partial charge in [0.2, 0.25) is 0 Å². The van der Waals surface area contributed by atoms with Gasteiger partial charge in [-0.25, -0.2) is 0 Å². The van der Waals surface area contributed by atoms with Crippen LogP contribution in [0.1, 0.15) is 23.7 Å². The SMILES string of the molecule is CC1CCOC1C(=O)c1cc[nH]c1. The zero-order chi connectivity index (χ0) is 9.26. The fourth-order valence-electron chi connectivity index (χ4n) is 1.67. The summed E-state index contributed by atoms with van der Waals surface area (Å²) in [5, 5.41) is 0. The first-order valence-electron chi connectivity index (χ1n) is 4.57. The van der Waals surface area contributed by atoms with Crippen molar-refractivity contribution in [3.05, 3.63) is 24.0 Å². The van der Waals surface area contributed by atoms with Crippen LogP contribution in [-0.2, 0) is 4.74 Å². The first kappa shape index (κ1) is 8.51. The minimum absolute atomic E-state index is 0.103. The molecule has 0 aliphatic carbocycles. The van der Waals surface area contributed by atoms with Crippen molar-refractivity contribution in [1.29, 1.82) is 0 Å². The number of ether oxygens (including phenoxy) is 1. The van der Waals surface area contributed by atoms with Gasteiger partial charge < -0.3 is 9.72 Å². The summed E-state index contributed by atoms with van der Waals surface area (Å²) in [5.74, 6) is 0.452. The minimum Gasteiger partial charge on any atom is -0.370 e. The summed E-state index contributed by atoms with van der Waals surface area (Å²) in [6, 6.07) is 1.79. The van der Waals surface area contributed by atoms with E-state index in [-0.39, 0.29) is 11.9 Å². The van der Waals surface area contributed by atoms with Crippen molar-refractivity contribution in [2.45, 2.75) is 19.4 Å². The largest absolute Gasteiger partial charge is 0.370 e. The molecule has 1 aliphatic heterocycles. The fraction of sp³-hybridized carbons (Fsp3) is 0.500. The summed E-state index contributed by atoms with van der Waals surface area (Å²) >= 11 is 0. The first-order chi connectivity index (χ1) is 6.29. The second-order valence-corrected chi connectivity index (χ2v) is 3.52. The second-order valence-electron chi connectivity index (χ2n) is 3.52. The first-order valence-corrected chi connectivity index (χ1v) is 4.57. The summed E-state index contributed by atoms with van der Waals surface area (Å²) < 4.78 is 5.39. The van der Waals surface area contributed by atoms with E-state index in [4.69, 9.17) is 4.74 Å². The highest BCUT2D eigenvalue weighted by atomic mass is 16.5. The van der Waals surface area contributed by atoms with Gasteiger partial charge in [-0.3, -0.25) is 4.79 Å². The molecule has 1 aliphatic rings. The molecule has 0 bridgehead atoms. The molecule has 13 heavy (non-hydrogen) atoms. The number of Topliss-reactive ketones (excluding diaryl/α,β-unsaturated/α-hetero) is 1. The van der Waals surface area contributed by atoms with Gasteiger partial charge in [-0.05, 0) is 18.4 Å². The number of hydrogen-bond acceptors (Lipinski definition) is 2. The Morgan fingerprint density at radius 3 is 3.08 bits per heavy atom. The number of nitrogens with one attached hydrogen (secondary N) is 1. The highest BCUT2D eigenvalue weighted by molar-refractivity contribution is 5.99. The number of carbonyl (C=O) groups is 1. The van der Waals surface area contributed by atoms with Crippen LogP contribution in [0.4, 0.5) is 0 Å². The molecule has 0 spiro atoms. The molecule has 2 unspecified atom stereocenters. The van der Waals surface area contributed by atoms with Gasteiger partial charge in [0.15, 0.2) is 5.78 Å². The van der Waals surface area contributed by atoms with Crippen molar-refractivity contribution >= 4 is 5.78 Å². The average molecular weight is 179 g/mol. The molecule has 0 saturated carbocycles. The highest BCUT2D eigenvalue weighted by Gasteiger charge is 2.31. The smallest absolute Gasteiger partial charge is 0.193 e. The number of H-pyrrole nitrogens is 1. The normalized spacial score (nSPS) is 27.8. The van der Waals surface area contributed by atoms with Crippen LogP contribution in [0, 0.1) is 5.92 Å². The molecule has 0 aromatic carbocycles. The van der Waals surface area contributed by atoms with Gasteiger partial charge in [-0.1, -0.05) is 6.92 Å². The minimum atomic E-state index is -0.226. The summed E-state index contributed by atoms with van der Waals surface area (Å²) in [6.07, 6.45) is 4.24. The van der Waals surface area contributed by atoms with Crippen molar-refractivity contribution < 1.29 is 9.53 Å².